The molecule has 1 spiro atoms. The van der Waals surface area contributed by atoms with Gasteiger partial charge in [-0.2, -0.15) is 4.98 Å². The van der Waals surface area contributed by atoms with E-state index in [-0.39, 0.29) is 16.9 Å². The lowest BCUT2D eigenvalue weighted by molar-refractivity contribution is -0.147. The molecule has 0 atom stereocenters. The normalized spacial score (nSPS) is 25.1. The van der Waals surface area contributed by atoms with Crippen molar-refractivity contribution in [2.24, 2.45) is 5.92 Å². The molecule has 37 heavy (non-hydrogen) atoms. The van der Waals surface area contributed by atoms with Gasteiger partial charge in [-0.15, -0.1) is 0 Å². The summed E-state index contributed by atoms with van der Waals surface area (Å²) in [5.41, 5.74) is 4.28. The van der Waals surface area contributed by atoms with Crippen LogP contribution in [-0.2, 0) is 10.2 Å². The number of carboxylic acids is 1. The number of carbonyl (C=O) groups is 1. The summed E-state index contributed by atoms with van der Waals surface area (Å²) >= 11 is 6.48. The highest BCUT2D eigenvalue weighted by Crippen LogP contribution is 2.52. The van der Waals surface area contributed by atoms with Crippen molar-refractivity contribution in [3.05, 3.63) is 68.7 Å². The Balaban J connectivity index is 1.24. The highest BCUT2D eigenvalue weighted by Gasteiger charge is 2.47. The van der Waals surface area contributed by atoms with Gasteiger partial charge in [0, 0.05) is 6.04 Å². The van der Waals surface area contributed by atoms with Crippen molar-refractivity contribution in [2.45, 2.75) is 75.2 Å². The number of rotatable bonds is 3. The van der Waals surface area contributed by atoms with E-state index < -0.39 is 5.97 Å². The van der Waals surface area contributed by atoms with Gasteiger partial charge in [0.25, 0.3) is 5.56 Å². The second-order valence-electron chi connectivity index (χ2n) is 11.6. The molecule has 0 radical (unpaired) electrons. The van der Waals surface area contributed by atoms with Crippen LogP contribution in [0.1, 0.15) is 80.7 Å². The Labute approximate surface area is 221 Å². The molecule has 3 fully saturated rings. The van der Waals surface area contributed by atoms with Gasteiger partial charge in [-0.05, 0) is 86.9 Å². The Morgan fingerprint density at radius 3 is 2.54 bits per heavy atom. The van der Waals surface area contributed by atoms with Crippen LogP contribution in [0.3, 0.4) is 0 Å². The Hall–Kier alpha value is -2.70. The molecule has 2 aliphatic heterocycles. The molecule has 3 heterocycles. The molecule has 1 N–H and O–H groups in total. The van der Waals surface area contributed by atoms with Gasteiger partial charge in [-0.1, -0.05) is 49.1 Å². The van der Waals surface area contributed by atoms with E-state index >= 15 is 0 Å². The number of hydrogen-bond acceptors (Lipinski definition) is 4. The van der Waals surface area contributed by atoms with Crippen LogP contribution >= 0.6 is 11.6 Å². The van der Waals surface area contributed by atoms with Crippen LogP contribution in [-0.4, -0.2) is 44.7 Å². The molecule has 0 bridgehead atoms. The number of carboxylic acid groups (broad SMARTS) is 1. The van der Waals surface area contributed by atoms with Crippen LogP contribution in [0.15, 0.2) is 41.2 Å². The lowest BCUT2D eigenvalue weighted by atomic mass is 9.69. The molecule has 7 rings (SSSR count). The number of fused-ring (bicyclic) bond motifs is 7. The summed E-state index contributed by atoms with van der Waals surface area (Å²) in [6.07, 6.45) is 9.34. The monoisotopic (exact) mass is 517 g/mol. The predicted octanol–water partition coefficient (Wildman–Crippen LogP) is 5.65. The first-order valence-corrected chi connectivity index (χ1v) is 14.2. The van der Waals surface area contributed by atoms with Crippen molar-refractivity contribution in [3.63, 3.8) is 0 Å². The molecule has 2 saturated carbocycles. The van der Waals surface area contributed by atoms with Crippen molar-refractivity contribution in [3.8, 4) is 5.69 Å². The molecule has 6 nitrogen and oxygen atoms in total. The van der Waals surface area contributed by atoms with Crippen LogP contribution in [0.5, 0.6) is 0 Å². The standard InChI is InChI=1S/C30H32ClN3O3/c31-23-5-4-6-25-26(23)27(35)32-29-30(11-2-1-3-12-30)22-17-19(7-8-24(22)34(25)29)18-9-13-33(14-10-18)21-15-20(16-21)28(36)37/h4-8,17-18,20-21H,1-3,9-16H2,(H,36,37). The van der Waals surface area contributed by atoms with Crippen molar-refractivity contribution < 1.29 is 9.90 Å². The minimum Gasteiger partial charge on any atom is -0.481 e. The van der Waals surface area contributed by atoms with Gasteiger partial charge in [-0.25, -0.2) is 0 Å². The fourth-order valence-electron chi connectivity index (χ4n) is 7.63. The summed E-state index contributed by atoms with van der Waals surface area (Å²) in [4.78, 5) is 31.6. The van der Waals surface area contributed by atoms with Gasteiger partial charge < -0.3 is 10.0 Å². The lowest BCUT2D eigenvalue weighted by Crippen LogP contribution is -2.49. The van der Waals surface area contributed by atoms with Crippen molar-refractivity contribution in [2.75, 3.05) is 13.1 Å². The van der Waals surface area contributed by atoms with Gasteiger partial charge in [0.15, 0.2) is 0 Å². The predicted molar refractivity (Wildman–Crippen MR) is 144 cm³/mol. The lowest BCUT2D eigenvalue weighted by Gasteiger charge is -2.44. The molecule has 1 aromatic heterocycles. The Morgan fingerprint density at radius 2 is 1.81 bits per heavy atom. The second-order valence-corrected chi connectivity index (χ2v) is 12.0. The largest absolute Gasteiger partial charge is 0.481 e. The first-order chi connectivity index (χ1) is 18.0. The molecule has 0 amide bonds. The molecular weight excluding hydrogens is 486 g/mol. The second kappa shape index (κ2) is 8.67. The minimum absolute atomic E-state index is 0.153. The van der Waals surface area contributed by atoms with E-state index in [4.69, 9.17) is 16.6 Å². The summed E-state index contributed by atoms with van der Waals surface area (Å²) in [5, 5.41) is 10.2. The number of aliphatic carboxylic acids is 1. The molecule has 2 aromatic carbocycles. The van der Waals surface area contributed by atoms with Crippen LogP contribution < -0.4 is 5.56 Å². The van der Waals surface area contributed by atoms with Crippen molar-refractivity contribution in [1.82, 2.24) is 14.5 Å². The number of piperidine rings is 1. The zero-order valence-corrected chi connectivity index (χ0v) is 21.7. The van der Waals surface area contributed by atoms with Crippen LogP contribution in [0, 0.1) is 5.92 Å². The summed E-state index contributed by atoms with van der Waals surface area (Å²) in [7, 11) is 0. The Bertz CT molecular complexity index is 1460. The van der Waals surface area contributed by atoms with Crippen LogP contribution in [0.2, 0.25) is 5.02 Å². The molecule has 2 aliphatic carbocycles. The number of nitrogens with zero attached hydrogens (tertiary/aromatic N) is 3. The molecule has 4 aliphatic rings. The number of likely N-dealkylation sites (tertiary alicyclic amines) is 1. The van der Waals surface area contributed by atoms with Gasteiger partial charge in [0.2, 0.25) is 0 Å². The molecule has 3 aromatic rings. The first-order valence-electron chi connectivity index (χ1n) is 13.8. The Kier molecular flexibility index (Phi) is 5.49. The van der Waals surface area contributed by atoms with Gasteiger partial charge in [0.1, 0.15) is 5.82 Å². The van der Waals surface area contributed by atoms with Crippen molar-refractivity contribution in [1.29, 1.82) is 0 Å². The maximum Gasteiger partial charge on any atom is 0.306 e. The van der Waals surface area contributed by atoms with Crippen LogP contribution in [0.25, 0.3) is 16.6 Å². The van der Waals surface area contributed by atoms with Gasteiger partial charge in [0.05, 0.1) is 32.9 Å². The molecule has 7 heteroatoms. The average molecular weight is 518 g/mol. The zero-order valence-electron chi connectivity index (χ0n) is 21.0. The topological polar surface area (TPSA) is 75.4 Å². The number of aromatic nitrogens is 2. The maximum atomic E-state index is 13.2. The highest BCUT2D eigenvalue weighted by atomic mass is 35.5. The summed E-state index contributed by atoms with van der Waals surface area (Å²) < 4.78 is 2.21. The average Bonchev–Trinajstić information content (AvgIpc) is 3.12. The summed E-state index contributed by atoms with van der Waals surface area (Å²) in [6.45, 7) is 2.06. The molecule has 0 unspecified atom stereocenters. The van der Waals surface area contributed by atoms with E-state index in [2.05, 4.69) is 27.7 Å². The molecule has 1 saturated heterocycles. The third-order valence-electron chi connectivity index (χ3n) is 9.76. The van der Waals surface area contributed by atoms with E-state index in [9.17, 15) is 14.7 Å². The number of halogens is 1. The smallest absolute Gasteiger partial charge is 0.306 e. The quantitative estimate of drug-likeness (QED) is 0.486. The summed E-state index contributed by atoms with van der Waals surface area (Å²) in [6, 6.07) is 13.1. The fraction of sp³-hybridized carbons (Fsp3) is 0.500. The molecular formula is C30H32ClN3O3. The minimum atomic E-state index is -0.645. The van der Waals surface area contributed by atoms with E-state index in [0.717, 1.165) is 81.5 Å². The fourth-order valence-corrected chi connectivity index (χ4v) is 7.88. The van der Waals surface area contributed by atoms with E-state index in [1.165, 1.54) is 17.5 Å². The van der Waals surface area contributed by atoms with E-state index in [1.807, 2.05) is 12.1 Å². The van der Waals surface area contributed by atoms with Crippen molar-refractivity contribution >= 4 is 28.5 Å². The Morgan fingerprint density at radius 1 is 1.05 bits per heavy atom. The van der Waals surface area contributed by atoms with Crippen LogP contribution in [0.4, 0.5) is 0 Å². The van der Waals surface area contributed by atoms with E-state index in [0.29, 0.717) is 22.4 Å². The summed E-state index contributed by atoms with van der Waals surface area (Å²) in [5.74, 6) is 0.597. The number of benzene rings is 2. The zero-order chi connectivity index (χ0) is 25.3. The third kappa shape index (κ3) is 3.52. The SMILES string of the molecule is O=C(O)C1CC(N2CCC(c3ccc4c(c3)C3(CCCCC3)c3nc(=O)c5c(Cl)cccc5n3-4)CC2)C1. The third-order valence-corrected chi connectivity index (χ3v) is 10.1. The number of hydrogen-bond donors (Lipinski definition) is 1. The first kappa shape index (κ1) is 23.4. The van der Waals surface area contributed by atoms with E-state index in [1.54, 1.807) is 6.07 Å². The van der Waals surface area contributed by atoms with Gasteiger partial charge >= 0.3 is 5.97 Å². The maximum absolute atomic E-state index is 13.2. The highest BCUT2D eigenvalue weighted by molar-refractivity contribution is 6.35. The van der Waals surface area contributed by atoms with Gasteiger partial charge in [-0.3, -0.25) is 14.2 Å². The molecule has 192 valence electrons.